The Morgan fingerprint density at radius 1 is 1.00 bits per heavy atom. The third-order valence-corrected chi connectivity index (χ3v) is 3.71. The van der Waals surface area contributed by atoms with E-state index in [2.05, 4.69) is 30.6 Å². The van der Waals surface area contributed by atoms with E-state index in [-0.39, 0.29) is 5.97 Å². The number of hydrogen-bond acceptors (Lipinski definition) is 4. The molecule has 0 heterocycles. The average Bonchev–Trinajstić information content (AvgIpc) is 2.49. The van der Waals surface area contributed by atoms with Gasteiger partial charge in [-0.15, -0.1) is 0 Å². The first-order valence-electron chi connectivity index (χ1n) is 7.84. The Balaban J connectivity index is 4.20. The van der Waals surface area contributed by atoms with Crippen LogP contribution in [0.1, 0.15) is 40.5 Å². The number of carbonyl (C=O) groups is 1. The summed E-state index contributed by atoms with van der Waals surface area (Å²) in [5.74, 6) is -0.202. The highest BCUT2D eigenvalue weighted by Gasteiger charge is 2.08. The largest absolute Gasteiger partial charge is 0.466 e. The van der Waals surface area contributed by atoms with Gasteiger partial charge < -0.3 is 9.64 Å². The van der Waals surface area contributed by atoms with Crippen molar-refractivity contribution >= 4 is 5.97 Å². The van der Waals surface area contributed by atoms with Crippen LogP contribution in [0.4, 0.5) is 0 Å². The van der Waals surface area contributed by atoms with Gasteiger partial charge >= 0.3 is 5.97 Å². The number of hydrogen-bond donors (Lipinski definition) is 0. The van der Waals surface area contributed by atoms with Crippen LogP contribution in [0.25, 0.3) is 0 Å². The quantitative estimate of drug-likeness (QED) is 0.431. The first kappa shape index (κ1) is 19.1. The Labute approximate surface area is 124 Å². The molecule has 0 saturated heterocycles. The van der Waals surface area contributed by atoms with Crippen molar-refractivity contribution < 1.29 is 9.53 Å². The summed E-state index contributed by atoms with van der Waals surface area (Å²) in [6.45, 7) is 14.8. The van der Waals surface area contributed by atoms with Gasteiger partial charge in [0.25, 0.3) is 0 Å². The van der Waals surface area contributed by atoms with Crippen molar-refractivity contribution in [1.82, 2.24) is 9.80 Å². The fraction of sp³-hybridized carbons (Fsp3) is 0.812. The summed E-state index contributed by atoms with van der Waals surface area (Å²) in [5, 5.41) is 0. The topological polar surface area (TPSA) is 32.8 Å². The minimum atomic E-state index is -0.202. The molecule has 0 aromatic heterocycles. The molecule has 0 amide bonds. The SMILES string of the molecule is CC/C(=C/CN(CC)CCCN(CC)CC)C(=O)OC. The van der Waals surface area contributed by atoms with Crippen LogP contribution < -0.4 is 0 Å². The van der Waals surface area contributed by atoms with Gasteiger partial charge in [-0.2, -0.15) is 0 Å². The molecule has 4 heteroatoms. The van der Waals surface area contributed by atoms with Gasteiger partial charge in [0.05, 0.1) is 7.11 Å². The molecule has 0 bridgehead atoms. The van der Waals surface area contributed by atoms with Crippen LogP contribution in [0.2, 0.25) is 0 Å². The lowest BCUT2D eigenvalue weighted by molar-refractivity contribution is -0.136. The van der Waals surface area contributed by atoms with Crippen molar-refractivity contribution in [2.45, 2.75) is 40.5 Å². The normalized spacial score (nSPS) is 12.2. The van der Waals surface area contributed by atoms with E-state index in [4.69, 9.17) is 4.74 Å². The molecule has 0 aliphatic carbocycles. The van der Waals surface area contributed by atoms with E-state index in [0.717, 1.165) is 51.3 Å². The molecule has 0 spiro atoms. The maximum absolute atomic E-state index is 11.5. The second kappa shape index (κ2) is 11.9. The van der Waals surface area contributed by atoms with Gasteiger partial charge in [0.1, 0.15) is 0 Å². The first-order valence-corrected chi connectivity index (χ1v) is 7.84. The second-order valence-corrected chi connectivity index (χ2v) is 4.85. The monoisotopic (exact) mass is 284 g/mol. The van der Waals surface area contributed by atoms with Gasteiger partial charge in [0.15, 0.2) is 0 Å². The number of nitrogens with zero attached hydrogens (tertiary/aromatic N) is 2. The smallest absolute Gasteiger partial charge is 0.333 e. The van der Waals surface area contributed by atoms with Gasteiger partial charge in [-0.1, -0.05) is 33.8 Å². The molecule has 0 aliphatic heterocycles. The lowest BCUT2D eigenvalue weighted by atomic mass is 10.2. The fourth-order valence-electron chi connectivity index (χ4n) is 2.18. The highest BCUT2D eigenvalue weighted by atomic mass is 16.5. The summed E-state index contributed by atoms with van der Waals surface area (Å²) in [6.07, 6.45) is 3.90. The molecule has 0 N–H and O–H groups in total. The minimum absolute atomic E-state index is 0.202. The molecule has 20 heavy (non-hydrogen) atoms. The van der Waals surface area contributed by atoms with Crippen LogP contribution >= 0.6 is 0 Å². The van der Waals surface area contributed by atoms with Gasteiger partial charge in [-0.05, 0) is 45.6 Å². The van der Waals surface area contributed by atoms with E-state index in [1.165, 1.54) is 13.5 Å². The molecule has 0 aromatic carbocycles. The molecule has 0 fully saturated rings. The first-order chi connectivity index (χ1) is 9.62. The predicted octanol–water partition coefficient (Wildman–Crippen LogP) is 2.55. The van der Waals surface area contributed by atoms with Crippen molar-refractivity contribution in [1.29, 1.82) is 0 Å². The summed E-state index contributed by atoms with van der Waals surface area (Å²) in [5.41, 5.74) is 0.773. The Kier molecular flexibility index (Phi) is 11.4. The zero-order chi connectivity index (χ0) is 15.4. The number of likely N-dealkylation sites (N-methyl/N-ethyl adjacent to an activating group) is 1. The Morgan fingerprint density at radius 2 is 1.55 bits per heavy atom. The lowest BCUT2D eigenvalue weighted by Gasteiger charge is -2.22. The van der Waals surface area contributed by atoms with Gasteiger partial charge in [0, 0.05) is 12.1 Å². The van der Waals surface area contributed by atoms with Gasteiger partial charge in [-0.25, -0.2) is 4.79 Å². The summed E-state index contributed by atoms with van der Waals surface area (Å²) >= 11 is 0. The molecular formula is C16H32N2O2. The molecule has 0 atom stereocenters. The predicted molar refractivity (Wildman–Crippen MR) is 84.9 cm³/mol. The third kappa shape index (κ3) is 7.65. The van der Waals surface area contributed by atoms with Crippen LogP contribution in [0, 0.1) is 0 Å². The molecule has 4 nitrogen and oxygen atoms in total. The molecule has 0 saturated carbocycles. The van der Waals surface area contributed by atoms with E-state index in [9.17, 15) is 4.79 Å². The summed E-state index contributed by atoms with van der Waals surface area (Å²) in [4.78, 5) is 16.3. The number of rotatable bonds is 11. The zero-order valence-corrected chi connectivity index (χ0v) is 13.9. The summed E-state index contributed by atoms with van der Waals surface area (Å²) in [6, 6.07) is 0. The molecule has 118 valence electrons. The van der Waals surface area contributed by atoms with Crippen LogP contribution in [-0.4, -0.2) is 62.1 Å². The van der Waals surface area contributed by atoms with Crippen molar-refractivity contribution in [3.8, 4) is 0 Å². The third-order valence-electron chi connectivity index (χ3n) is 3.71. The van der Waals surface area contributed by atoms with Crippen molar-refractivity contribution in [3.63, 3.8) is 0 Å². The second-order valence-electron chi connectivity index (χ2n) is 4.85. The highest BCUT2D eigenvalue weighted by molar-refractivity contribution is 5.88. The lowest BCUT2D eigenvalue weighted by Crippen LogP contribution is -2.30. The molecule has 0 aromatic rings. The maximum Gasteiger partial charge on any atom is 0.333 e. The number of esters is 1. The molecule has 0 aliphatic rings. The number of ether oxygens (including phenoxy) is 1. The van der Waals surface area contributed by atoms with E-state index in [1.54, 1.807) is 0 Å². The van der Waals surface area contributed by atoms with E-state index in [0.29, 0.717) is 0 Å². The van der Waals surface area contributed by atoms with Crippen molar-refractivity contribution in [3.05, 3.63) is 11.6 Å². The van der Waals surface area contributed by atoms with E-state index < -0.39 is 0 Å². The fourth-order valence-corrected chi connectivity index (χ4v) is 2.18. The molecule has 0 unspecified atom stereocenters. The van der Waals surface area contributed by atoms with Crippen LogP contribution in [0.3, 0.4) is 0 Å². The van der Waals surface area contributed by atoms with Gasteiger partial charge in [-0.3, -0.25) is 4.90 Å². The number of methoxy groups -OCH3 is 1. The molecule has 0 radical (unpaired) electrons. The standard InChI is InChI=1S/C16H32N2O2/c1-6-15(16(19)20-5)11-14-18(9-4)13-10-12-17(7-2)8-3/h11H,6-10,12-14H2,1-5H3/b15-11-. The van der Waals surface area contributed by atoms with Crippen molar-refractivity contribution in [2.75, 3.05) is 46.4 Å². The highest BCUT2D eigenvalue weighted by Crippen LogP contribution is 2.04. The van der Waals surface area contributed by atoms with Crippen molar-refractivity contribution in [2.24, 2.45) is 0 Å². The van der Waals surface area contributed by atoms with E-state index in [1.807, 2.05) is 13.0 Å². The Morgan fingerprint density at radius 3 is 2.00 bits per heavy atom. The molecular weight excluding hydrogens is 252 g/mol. The zero-order valence-electron chi connectivity index (χ0n) is 13.9. The Bertz CT molecular complexity index is 286. The summed E-state index contributed by atoms with van der Waals surface area (Å²) < 4.78 is 4.78. The average molecular weight is 284 g/mol. The molecule has 0 rings (SSSR count). The summed E-state index contributed by atoms with van der Waals surface area (Å²) in [7, 11) is 1.44. The van der Waals surface area contributed by atoms with E-state index >= 15 is 0 Å². The van der Waals surface area contributed by atoms with Crippen LogP contribution in [0.15, 0.2) is 11.6 Å². The number of carbonyl (C=O) groups excluding carboxylic acids is 1. The van der Waals surface area contributed by atoms with Crippen LogP contribution in [0.5, 0.6) is 0 Å². The Hall–Kier alpha value is -0.870. The minimum Gasteiger partial charge on any atom is -0.466 e. The van der Waals surface area contributed by atoms with Crippen LogP contribution in [-0.2, 0) is 9.53 Å². The maximum atomic E-state index is 11.5. The van der Waals surface area contributed by atoms with Gasteiger partial charge in [0.2, 0.25) is 0 Å².